The normalized spacial score (nSPS) is 10.2. The molecule has 104 valence electrons. The van der Waals surface area contributed by atoms with E-state index in [2.05, 4.69) is 5.32 Å². The van der Waals surface area contributed by atoms with E-state index in [-0.39, 0.29) is 5.91 Å². The number of hydrogen-bond acceptors (Lipinski definition) is 3. The van der Waals surface area contributed by atoms with Gasteiger partial charge in [-0.15, -0.1) is 11.8 Å². The Hall–Kier alpha value is -1.65. The fourth-order valence-corrected chi connectivity index (χ4v) is 2.62. The fraction of sp³-hybridized carbons (Fsp3) is 0.133. The summed E-state index contributed by atoms with van der Waals surface area (Å²) in [6.07, 6.45) is 0. The molecule has 0 aliphatic carbocycles. The van der Waals surface area contributed by atoms with Gasteiger partial charge in [0.25, 0.3) is 0 Å². The van der Waals surface area contributed by atoms with Crippen LogP contribution in [0.5, 0.6) is 0 Å². The number of anilines is 2. The van der Waals surface area contributed by atoms with Gasteiger partial charge >= 0.3 is 0 Å². The first-order valence-electron chi connectivity index (χ1n) is 6.11. The van der Waals surface area contributed by atoms with Crippen molar-refractivity contribution in [2.75, 3.05) is 16.8 Å². The summed E-state index contributed by atoms with van der Waals surface area (Å²) in [5.74, 6) is 1.10. The molecule has 0 fully saturated rings. The van der Waals surface area contributed by atoms with Crippen molar-refractivity contribution in [3.8, 4) is 0 Å². The molecular formula is C15H15ClN2OS. The Labute approximate surface area is 127 Å². The Bertz CT molecular complexity index is 590. The summed E-state index contributed by atoms with van der Waals surface area (Å²) in [6, 6.07) is 15.1. The number of rotatable bonds is 5. The molecule has 0 radical (unpaired) electrons. The molecule has 1 amide bonds. The molecular weight excluding hydrogens is 292 g/mol. The van der Waals surface area contributed by atoms with Crippen LogP contribution in [0.15, 0.2) is 48.5 Å². The molecule has 0 aliphatic rings. The zero-order valence-electron chi connectivity index (χ0n) is 10.8. The first-order valence-corrected chi connectivity index (χ1v) is 7.65. The van der Waals surface area contributed by atoms with Crippen molar-refractivity contribution in [1.82, 2.24) is 0 Å². The molecule has 20 heavy (non-hydrogen) atoms. The standard InChI is InChI=1S/C15H15ClN2OS/c16-12-6-7-13(17)14(8-12)18-15(19)10-20-9-11-4-2-1-3-5-11/h1-8H,9-10,17H2,(H,18,19). The van der Waals surface area contributed by atoms with Crippen LogP contribution in [0.2, 0.25) is 5.02 Å². The van der Waals surface area contributed by atoms with E-state index in [0.29, 0.717) is 22.2 Å². The molecule has 2 aromatic carbocycles. The molecule has 0 atom stereocenters. The van der Waals surface area contributed by atoms with Crippen molar-refractivity contribution in [1.29, 1.82) is 0 Å². The lowest BCUT2D eigenvalue weighted by atomic mass is 10.2. The third-order valence-corrected chi connectivity index (χ3v) is 3.87. The number of benzene rings is 2. The van der Waals surface area contributed by atoms with Gasteiger partial charge < -0.3 is 11.1 Å². The number of hydrogen-bond donors (Lipinski definition) is 2. The molecule has 0 bridgehead atoms. The molecule has 0 spiro atoms. The van der Waals surface area contributed by atoms with Crippen molar-refractivity contribution in [3.05, 3.63) is 59.1 Å². The first-order chi connectivity index (χ1) is 9.65. The van der Waals surface area contributed by atoms with E-state index in [9.17, 15) is 4.79 Å². The number of halogens is 1. The van der Waals surface area contributed by atoms with E-state index in [1.165, 1.54) is 5.56 Å². The zero-order valence-corrected chi connectivity index (χ0v) is 12.4. The molecule has 3 nitrogen and oxygen atoms in total. The molecule has 0 aromatic heterocycles. The lowest BCUT2D eigenvalue weighted by Crippen LogP contribution is -2.15. The second kappa shape index (κ2) is 7.22. The zero-order chi connectivity index (χ0) is 14.4. The number of carbonyl (C=O) groups is 1. The minimum absolute atomic E-state index is 0.0834. The van der Waals surface area contributed by atoms with Gasteiger partial charge in [-0.05, 0) is 23.8 Å². The second-order valence-electron chi connectivity index (χ2n) is 4.26. The minimum atomic E-state index is -0.0834. The Morgan fingerprint density at radius 2 is 1.95 bits per heavy atom. The van der Waals surface area contributed by atoms with Crippen LogP contribution in [0.3, 0.4) is 0 Å². The number of nitrogen functional groups attached to an aromatic ring is 1. The van der Waals surface area contributed by atoms with Crippen LogP contribution >= 0.6 is 23.4 Å². The Balaban J connectivity index is 1.82. The van der Waals surface area contributed by atoms with Crippen LogP contribution in [0, 0.1) is 0 Å². The van der Waals surface area contributed by atoms with Gasteiger partial charge in [0.05, 0.1) is 17.1 Å². The second-order valence-corrected chi connectivity index (χ2v) is 5.68. The Kier molecular flexibility index (Phi) is 5.32. The van der Waals surface area contributed by atoms with Crippen molar-refractivity contribution < 1.29 is 4.79 Å². The topological polar surface area (TPSA) is 55.1 Å². The maximum Gasteiger partial charge on any atom is 0.234 e. The number of carbonyl (C=O) groups excluding carboxylic acids is 1. The lowest BCUT2D eigenvalue weighted by molar-refractivity contribution is -0.113. The van der Waals surface area contributed by atoms with Gasteiger partial charge in [0.1, 0.15) is 0 Å². The highest BCUT2D eigenvalue weighted by molar-refractivity contribution is 7.99. The summed E-state index contributed by atoms with van der Waals surface area (Å²) in [4.78, 5) is 11.8. The average Bonchev–Trinajstić information content (AvgIpc) is 2.44. The third kappa shape index (κ3) is 4.47. The molecule has 0 unspecified atom stereocenters. The molecule has 3 N–H and O–H groups in total. The number of nitrogens with one attached hydrogen (secondary N) is 1. The quantitative estimate of drug-likeness (QED) is 0.826. The van der Waals surface area contributed by atoms with Crippen LogP contribution in [-0.2, 0) is 10.5 Å². The van der Waals surface area contributed by atoms with Crippen LogP contribution in [0.25, 0.3) is 0 Å². The van der Waals surface area contributed by atoms with E-state index in [1.54, 1.807) is 30.0 Å². The van der Waals surface area contributed by atoms with Gasteiger partial charge in [-0.3, -0.25) is 4.79 Å². The van der Waals surface area contributed by atoms with Crippen molar-refractivity contribution in [3.63, 3.8) is 0 Å². The molecule has 0 saturated carbocycles. The minimum Gasteiger partial charge on any atom is -0.397 e. The highest BCUT2D eigenvalue weighted by Crippen LogP contribution is 2.23. The number of amides is 1. The summed E-state index contributed by atoms with van der Waals surface area (Å²) in [5, 5.41) is 3.32. The largest absolute Gasteiger partial charge is 0.397 e. The lowest BCUT2D eigenvalue weighted by Gasteiger charge is -2.08. The van der Waals surface area contributed by atoms with Crippen molar-refractivity contribution >= 4 is 40.6 Å². The number of nitrogens with two attached hydrogens (primary N) is 1. The molecule has 5 heteroatoms. The fourth-order valence-electron chi connectivity index (χ4n) is 1.66. The van der Waals surface area contributed by atoms with E-state index < -0.39 is 0 Å². The molecule has 0 aliphatic heterocycles. The number of thioether (sulfide) groups is 1. The van der Waals surface area contributed by atoms with Crippen LogP contribution in [-0.4, -0.2) is 11.7 Å². The van der Waals surface area contributed by atoms with E-state index in [0.717, 1.165) is 5.75 Å². The van der Waals surface area contributed by atoms with E-state index in [4.69, 9.17) is 17.3 Å². The smallest absolute Gasteiger partial charge is 0.234 e. The van der Waals surface area contributed by atoms with Gasteiger partial charge in [0.15, 0.2) is 0 Å². The maximum absolute atomic E-state index is 11.8. The third-order valence-electron chi connectivity index (χ3n) is 2.63. The molecule has 2 aromatic rings. The molecule has 0 heterocycles. The van der Waals surface area contributed by atoms with Gasteiger partial charge in [-0.2, -0.15) is 0 Å². The molecule has 2 rings (SSSR count). The highest BCUT2D eigenvalue weighted by Gasteiger charge is 2.06. The van der Waals surface area contributed by atoms with Crippen LogP contribution in [0.1, 0.15) is 5.56 Å². The summed E-state index contributed by atoms with van der Waals surface area (Å²) >= 11 is 7.43. The van der Waals surface area contributed by atoms with Crippen molar-refractivity contribution in [2.45, 2.75) is 5.75 Å². The predicted octanol–water partition coefficient (Wildman–Crippen LogP) is 3.79. The van der Waals surface area contributed by atoms with Crippen molar-refractivity contribution in [2.24, 2.45) is 0 Å². The summed E-state index contributed by atoms with van der Waals surface area (Å²) < 4.78 is 0. The first kappa shape index (κ1) is 14.8. The highest BCUT2D eigenvalue weighted by atomic mass is 35.5. The maximum atomic E-state index is 11.8. The Morgan fingerprint density at radius 3 is 2.70 bits per heavy atom. The SMILES string of the molecule is Nc1ccc(Cl)cc1NC(=O)CSCc1ccccc1. The Morgan fingerprint density at radius 1 is 1.20 bits per heavy atom. The van der Waals surface area contributed by atoms with E-state index >= 15 is 0 Å². The summed E-state index contributed by atoms with van der Waals surface area (Å²) in [7, 11) is 0. The monoisotopic (exact) mass is 306 g/mol. The summed E-state index contributed by atoms with van der Waals surface area (Å²) in [5.41, 5.74) is 8.05. The van der Waals surface area contributed by atoms with Crippen LogP contribution in [0.4, 0.5) is 11.4 Å². The van der Waals surface area contributed by atoms with Crippen LogP contribution < -0.4 is 11.1 Å². The van der Waals surface area contributed by atoms with Gasteiger partial charge in [0.2, 0.25) is 5.91 Å². The van der Waals surface area contributed by atoms with Gasteiger partial charge in [-0.25, -0.2) is 0 Å². The summed E-state index contributed by atoms with van der Waals surface area (Å²) in [6.45, 7) is 0. The average molecular weight is 307 g/mol. The van der Waals surface area contributed by atoms with E-state index in [1.807, 2.05) is 30.3 Å². The predicted molar refractivity (Wildman–Crippen MR) is 87.1 cm³/mol. The van der Waals surface area contributed by atoms with Gasteiger partial charge in [-0.1, -0.05) is 41.9 Å². The molecule has 0 saturated heterocycles. The van der Waals surface area contributed by atoms with Gasteiger partial charge in [0, 0.05) is 10.8 Å².